The molecule has 1 aliphatic rings. The molecule has 1 amide bonds. The number of nitrogens with one attached hydrogen (secondary N) is 1. The molecule has 0 saturated heterocycles. The molecule has 18 heavy (non-hydrogen) atoms. The number of carbonyl (C=O) groups excluding carboxylic acids is 1. The molecule has 0 aliphatic heterocycles. The highest BCUT2D eigenvalue weighted by Crippen LogP contribution is 2.39. The van der Waals surface area contributed by atoms with Crippen molar-refractivity contribution < 1.29 is 4.79 Å². The van der Waals surface area contributed by atoms with Gasteiger partial charge in [-0.1, -0.05) is 20.3 Å². The third-order valence-corrected chi connectivity index (χ3v) is 3.75. The molecule has 2 rings (SSSR count). The number of nitrogens with zero attached hydrogens (tertiary/aromatic N) is 1. The zero-order valence-corrected chi connectivity index (χ0v) is 10.9. The first-order chi connectivity index (χ1) is 8.40. The maximum absolute atomic E-state index is 11.1. The van der Waals surface area contributed by atoms with Crippen LogP contribution in [-0.2, 0) is 0 Å². The smallest absolute Gasteiger partial charge is 0.267 e. The van der Waals surface area contributed by atoms with Gasteiger partial charge >= 0.3 is 0 Å². The lowest BCUT2D eigenvalue weighted by atomic mass is 9.87. The van der Waals surface area contributed by atoms with Crippen molar-refractivity contribution in [3.63, 3.8) is 0 Å². The van der Waals surface area contributed by atoms with Crippen LogP contribution in [-0.4, -0.2) is 16.9 Å². The van der Waals surface area contributed by atoms with E-state index < -0.39 is 5.91 Å². The molecular weight excluding hydrogens is 228 g/mol. The highest BCUT2D eigenvalue weighted by atomic mass is 16.1. The van der Waals surface area contributed by atoms with Crippen LogP contribution < -0.4 is 16.8 Å². The lowest BCUT2D eigenvalue weighted by Gasteiger charge is -2.28. The van der Waals surface area contributed by atoms with E-state index in [0.717, 1.165) is 6.42 Å². The molecule has 0 radical (unpaired) electrons. The number of nitrogen functional groups attached to an aromatic ring is 1. The van der Waals surface area contributed by atoms with Gasteiger partial charge in [0.25, 0.3) is 5.91 Å². The van der Waals surface area contributed by atoms with Crippen molar-refractivity contribution in [3.8, 4) is 0 Å². The Bertz CT molecular complexity index is 470. The lowest BCUT2D eigenvalue weighted by Crippen LogP contribution is -2.31. The second kappa shape index (κ2) is 4.48. The Kier molecular flexibility index (Phi) is 3.15. The van der Waals surface area contributed by atoms with Crippen LogP contribution in [0.3, 0.4) is 0 Å². The molecule has 5 heteroatoms. The number of aromatic nitrogens is 1. The molecule has 0 aromatic carbocycles. The zero-order valence-electron chi connectivity index (χ0n) is 10.9. The number of anilines is 2. The third kappa shape index (κ3) is 2.39. The van der Waals surface area contributed by atoms with Gasteiger partial charge in [0.15, 0.2) is 0 Å². The van der Waals surface area contributed by atoms with Gasteiger partial charge in [-0.15, -0.1) is 0 Å². The fraction of sp³-hybridized carbons (Fsp3) is 0.538. The number of hydrogen-bond donors (Lipinski definition) is 3. The van der Waals surface area contributed by atoms with Gasteiger partial charge in [0.05, 0.1) is 5.69 Å². The number of rotatable bonds is 3. The van der Waals surface area contributed by atoms with Crippen LogP contribution in [0.1, 0.15) is 43.6 Å². The Hall–Kier alpha value is -1.78. The summed E-state index contributed by atoms with van der Waals surface area (Å²) in [6.45, 7) is 4.46. The second-order valence-electron chi connectivity index (χ2n) is 5.58. The van der Waals surface area contributed by atoms with E-state index in [-0.39, 0.29) is 11.1 Å². The Morgan fingerprint density at radius 3 is 2.78 bits per heavy atom. The molecular formula is C13H20N4O. The third-order valence-electron chi connectivity index (χ3n) is 3.75. The van der Waals surface area contributed by atoms with Gasteiger partial charge in [-0.3, -0.25) is 4.79 Å². The van der Waals surface area contributed by atoms with Gasteiger partial charge in [-0.2, -0.15) is 0 Å². The van der Waals surface area contributed by atoms with Crippen molar-refractivity contribution in [3.05, 3.63) is 17.8 Å². The number of primary amides is 1. The van der Waals surface area contributed by atoms with Gasteiger partial charge in [0.1, 0.15) is 11.5 Å². The highest BCUT2D eigenvalue weighted by Gasteiger charge is 2.34. The van der Waals surface area contributed by atoms with Crippen LogP contribution >= 0.6 is 0 Å². The topological polar surface area (TPSA) is 94.0 Å². The first-order valence-electron chi connectivity index (χ1n) is 6.23. The summed E-state index contributed by atoms with van der Waals surface area (Å²) in [5.41, 5.74) is 12.1. The summed E-state index contributed by atoms with van der Waals surface area (Å²) in [5, 5.41) is 3.35. The van der Waals surface area contributed by atoms with Crippen molar-refractivity contribution in [1.82, 2.24) is 4.98 Å². The SMILES string of the molecule is CC1(C)CCCC1Nc1nc(C(N)=O)ccc1N. The van der Waals surface area contributed by atoms with E-state index >= 15 is 0 Å². The molecule has 1 fully saturated rings. The summed E-state index contributed by atoms with van der Waals surface area (Å²) >= 11 is 0. The average Bonchev–Trinajstić information content (AvgIpc) is 2.61. The molecule has 0 bridgehead atoms. The monoisotopic (exact) mass is 248 g/mol. The number of amides is 1. The number of nitrogens with two attached hydrogens (primary N) is 2. The van der Waals surface area contributed by atoms with E-state index in [1.54, 1.807) is 12.1 Å². The first-order valence-corrected chi connectivity index (χ1v) is 6.23. The maximum atomic E-state index is 11.1. The molecule has 1 unspecified atom stereocenters. The van der Waals surface area contributed by atoms with Crippen molar-refractivity contribution in [2.45, 2.75) is 39.2 Å². The van der Waals surface area contributed by atoms with E-state index in [1.165, 1.54) is 12.8 Å². The minimum absolute atomic E-state index is 0.219. The Morgan fingerprint density at radius 2 is 2.22 bits per heavy atom. The van der Waals surface area contributed by atoms with Crippen LogP contribution in [0.2, 0.25) is 0 Å². The van der Waals surface area contributed by atoms with Gasteiger partial charge in [-0.05, 0) is 30.4 Å². The fourth-order valence-corrected chi connectivity index (χ4v) is 2.48. The summed E-state index contributed by atoms with van der Waals surface area (Å²) in [6, 6.07) is 3.54. The average molecular weight is 248 g/mol. The Morgan fingerprint density at radius 1 is 1.50 bits per heavy atom. The Balaban J connectivity index is 2.23. The summed E-state index contributed by atoms with van der Waals surface area (Å²) in [5.74, 6) is 0.0232. The van der Waals surface area contributed by atoms with Crippen molar-refractivity contribution in [1.29, 1.82) is 0 Å². The van der Waals surface area contributed by atoms with Crippen molar-refractivity contribution in [2.24, 2.45) is 11.1 Å². The van der Waals surface area contributed by atoms with Crippen molar-refractivity contribution in [2.75, 3.05) is 11.1 Å². The van der Waals surface area contributed by atoms with Crippen LogP contribution in [0.25, 0.3) is 0 Å². The molecule has 0 spiro atoms. The van der Waals surface area contributed by atoms with Crippen LogP contribution in [0.4, 0.5) is 11.5 Å². The Labute approximate surface area is 107 Å². The molecule has 98 valence electrons. The van der Waals surface area contributed by atoms with E-state index in [4.69, 9.17) is 11.5 Å². The molecule has 1 aromatic heterocycles. The molecule has 1 saturated carbocycles. The zero-order chi connectivity index (χ0) is 13.3. The molecule has 1 atom stereocenters. The maximum Gasteiger partial charge on any atom is 0.267 e. The largest absolute Gasteiger partial charge is 0.396 e. The van der Waals surface area contributed by atoms with Crippen LogP contribution in [0.5, 0.6) is 0 Å². The summed E-state index contributed by atoms with van der Waals surface area (Å²) in [7, 11) is 0. The van der Waals surface area contributed by atoms with Gasteiger partial charge in [-0.25, -0.2) is 4.98 Å². The normalized spacial score (nSPS) is 21.8. The van der Waals surface area contributed by atoms with Gasteiger partial charge in [0, 0.05) is 6.04 Å². The summed E-state index contributed by atoms with van der Waals surface area (Å²) < 4.78 is 0. The molecule has 5 N–H and O–H groups in total. The predicted octanol–water partition coefficient (Wildman–Crippen LogP) is 1.75. The predicted molar refractivity (Wildman–Crippen MR) is 72.2 cm³/mol. The minimum Gasteiger partial charge on any atom is -0.396 e. The van der Waals surface area contributed by atoms with E-state index in [1.807, 2.05) is 0 Å². The van der Waals surface area contributed by atoms with E-state index in [2.05, 4.69) is 24.1 Å². The number of pyridine rings is 1. The van der Waals surface area contributed by atoms with E-state index in [0.29, 0.717) is 17.5 Å². The minimum atomic E-state index is -0.538. The number of hydrogen-bond acceptors (Lipinski definition) is 4. The van der Waals surface area contributed by atoms with E-state index in [9.17, 15) is 4.79 Å². The molecule has 1 aliphatic carbocycles. The summed E-state index contributed by atoms with van der Waals surface area (Å²) in [4.78, 5) is 15.3. The molecule has 5 nitrogen and oxygen atoms in total. The summed E-state index contributed by atoms with van der Waals surface area (Å²) in [6.07, 6.45) is 3.47. The van der Waals surface area contributed by atoms with Crippen LogP contribution in [0, 0.1) is 5.41 Å². The lowest BCUT2D eigenvalue weighted by molar-refractivity contribution is 0.0995. The van der Waals surface area contributed by atoms with Crippen LogP contribution in [0.15, 0.2) is 12.1 Å². The number of carbonyl (C=O) groups is 1. The fourth-order valence-electron chi connectivity index (χ4n) is 2.48. The standard InChI is InChI=1S/C13H20N4O/c1-13(2)7-3-4-10(13)17-12-8(14)5-6-9(16-12)11(15)18/h5-6,10H,3-4,7,14H2,1-2H3,(H2,15,18)(H,16,17). The quantitative estimate of drug-likeness (QED) is 0.759. The second-order valence-corrected chi connectivity index (χ2v) is 5.58. The molecule has 1 aromatic rings. The molecule has 1 heterocycles. The van der Waals surface area contributed by atoms with Crippen molar-refractivity contribution >= 4 is 17.4 Å². The van der Waals surface area contributed by atoms with Gasteiger partial charge < -0.3 is 16.8 Å². The highest BCUT2D eigenvalue weighted by molar-refractivity contribution is 5.91. The van der Waals surface area contributed by atoms with Gasteiger partial charge in [0.2, 0.25) is 0 Å². The first kappa shape index (κ1) is 12.7.